The van der Waals surface area contributed by atoms with Gasteiger partial charge in [0.15, 0.2) is 23.3 Å². The molecule has 11 aromatic rings. The molecule has 1 aliphatic rings. The van der Waals surface area contributed by atoms with Gasteiger partial charge in [0.2, 0.25) is 0 Å². The van der Waals surface area contributed by atoms with Crippen LogP contribution in [0.5, 0.6) is 0 Å². The summed E-state index contributed by atoms with van der Waals surface area (Å²) < 4.78 is 0. The van der Waals surface area contributed by atoms with E-state index in [4.69, 9.17) is 24.9 Å². The molecule has 10 aromatic carbocycles. The summed E-state index contributed by atoms with van der Waals surface area (Å²) in [5, 5.41) is 3.60. The van der Waals surface area contributed by atoms with Crippen LogP contribution in [0.4, 0.5) is 0 Å². The quantitative estimate of drug-likeness (QED) is 0.140. The lowest BCUT2D eigenvalue weighted by Crippen LogP contribution is -2.33. The number of benzene rings is 10. The molecule has 2 heterocycles. The Morgan fingerprint density at radius 3 is 1.08 bits per heavy atom. The second-order valence-corrected chi connectivity index (χ2v) is 17.7. The Kier molecular flexibility index (Phi) is 12.0. The fraction of sp³-hybridized carbons (Fsp3) is 0.0152. The van der Waals surface area contributed by atoms with E-state index in [0.29, 0.717) is 23.3 Å². The van der Waals surface area contributed by atoms with E-state index in [1.165, 1.54) is 16.7 Å². The number of aromatic nitrogens is 3. The summed E-state index contributed by atoms with van der Waals surface area (Å²) in [6, 6.07) is 92.9. The van der Waals surface area contributed by atoms with E-state index >= 15 is 0 Å². The number of hydrogen-bond donors (Lipinski definition) is 1. The predicted octanol–water partition coefficient (Wildman–Crippen LogP) is 15.7. The molecule has 0 spiro atoms. The van der Waals surface area contributed by atoms with Crippen molar-refractivity contribution < 1.29 is 0 Å². The molecular formula is C66H46N6. The highest BCUT2D eigenvalue weighted by Gasteiger charge is 2.22. The minimum Gasteiger partial charge on any atom is -0.344 e. The lowest BCUT2D eigenvalue weighted by Gasteiger charge is -2.24. The van der Waals surface area contributed by atoms with E-state index in [1.54, 1.807) is 0 Å². The monoisotopic (exact) mass is 922 g/mol. The van der Waals surface area contributed by atoms with Crippen LogP contribution in [0, 0.1) is 0 Å². The zero-order valence-corrected chi connectivity index (χ0v) is 39.2. The van der Waals surface area contributed by atoms with Gasteiger partial charge < -0.3 is 5.32 Å². The summed E-state index contributed by atoms with van der Waals surface area (Å²) in [6.07, 6.45) is -0.294. The van der Waals surface area contributed by atoms with E-state index in [-0.39, 0.29) is 6.17 Å². The van der Waals surface area contributed by atoms with Gasteiger partial charge in [0.1, 0.15) is 12.0 Å². The normalized spacial score (nSPS) is 13.1. The minimum absolute atomic E-state index is 0.294. The SMILES string of the molecule is c1ccc(C2=NC(c3ccc(-c4cccc(-c5ccccc5-c5ccccc5-c5cccc(-c6ccc(-c7nc(-c8ccccc8)nc(-c8ccccc8)n7)cc6)c5)c4)cc3)NC(c3ccccc3)=N2)cc1. The van der Waals surface area contributed by atoms with Crippen LogP contribution >= 0.6 is 0 Å². The van der Waals surface area contributed by atoms with Crippen LogP contribution in [0.15, 0.2) is 277 Å². The molecule has 1 aromatic heterocycles. The zero-order valence-electron chi connectivity index (χ0n) is 39.2. The fourth-order valence-electron chi connectivity index (χ4n) is 9.36. The van der Waals surface area contributed by atoms with Gasteiger partial charge in [-0.15, -0.1) is 0 Å². The number of aliphatic imine (C=N–C) groups is 2. The van der Waals surface area contributed by atoms with Crippen molar-refractivity contribution in [3.05, 3.63) is 284 Å². The maximum atomic E-state index is 5.09. The summed E-state index contributed by atoms with van der Waals surface area (Å²) >= 11 is 0. The third-order valence-corrected chi connectivity index (χ3v) is 13.0. The Bertz CT molecular complexity index is 3680. The minimum atomic E-state index is -0.294. The summed E-state index contributed by atoms with van der Waals surface area (Å²) in [7, 11) is 0. The van der Waals surface area contributed by atoms with E-state index in [0.717, 1.165) is 78.2 Å². The number of hydrogen-bond acceptors (Lipinski definition) is 6. The molecule has 12 rings (SSSR count). The van der Waals surface area contributed by atoms with Crippen molar-refractivity contribution in [1.29, 1.82) is 0 Å². The fourth-order valence-corrected chi connectivity index (χ4v) is 9.36. The van der Waals surface area contributed by atoms with Crippen LogP contribution in [-0.2, 0) is 0 Å². The Balaban J connectivity index is 0.821. The Labute approximate surface area is 419 Å². The van der Waals surface area contributed by atoms with Gasteiger partial charge in [0.25, 0.3) is 0 Å². The second-order valence-electron chi connectivity index (χ2n) is 17.7. The van der Waals surface area contributed by atoms with E-state index in [9.17, 15) is 0 Å². The molecule has 0 amide bonds. The molecule has 0 saturated carbocycles. The lowest BCUT2D eigenvalue weighted by molar-refractivity contribution is 0.674. The van der Waals surface area contributed by atoms with Crippen LogP contribution in [-0.4, -0.2) is 26.6 Å². The van der Waals surface area contributed by atoms with Gasteiger partial charge in [-0.2, -0.15) is 0 Å². The van der Waals surface area contributed by atoms with Gasteiger partial charge >= 0.3 is 0 Å². The summed E-state index contributed by atoms with van der Waals surface area (Å²) in [6.45, 7) is 0. The largest absolute Gasteiger partial charge is 0.344 e. The number of nitrogens with zero attached hydrogens (tertiary/aromatic N) is 5. The third kappa shape index (κ3) is 9.16. The molecule has 1 aliphatic heterocycles. The molecule has 1 unspecified atom stereocenters. The van der Waals surface area contributed by atoms with Crippen molar-refractivity contribution in [2.75, 3.05) is 0 Å². The molecule has 1 N–H and O–H groups in total. The summed E-state index contributed by atoms with van der Waals surface area (Å²) in [5.74, 6) is 3.43. The molecule has 0 aliphatic carbocycles. The van der Waals surface area contributed by atoms with Crippen molar-refractivity contribution in [3.63, 3.8) is 0 Å². The molecule has 72 heavy (non-hydrogen) atoms. The molecular weight excluding hydrogens is 877 g/mol. The Morgan fingerprint density at radius 2 is 0.611 bits per heavy atom. The van der Waals surface area contributed by atoms with E-state index in [2.05, 4.69) is 175 Å². The van der Waals surface area contributed by atoms with Crippen molar-refractivity contribution in [3.8, 4) is 89.8 Å². The molecule has 6 nitrogen and oxygen atoms in total. The smallest absolute Gasteiger partial charge is 0.164 e. The highest BCUT2D eigenvalue weighted by Crippen LogP contribution is 2.40. The first-order chi connectivity index (χ1) is 35.7. The molecule has 0 bridgehead atoms. The molecule has 340 valence electrons. The van der Waals surface area contributed by atoms with Gasteiger partial charge in [0, 0.05) is 27.8 Å². The molecule has 6 heteroatoms. The van der Waals surface area contributed by atoms with E-state index in [1.807, 2.05) is 97.1 Å². The van der Waals surface area contributed by atoms with Gasteiger partial charge in [-0.1, -0.05) is 255 Å². The number of nitrogens with one attached hydrogen (secondary N) is 1. The second kappa shape index (κ2) is 19.8. The van der Waals surface area contributed by atoms with Gasteiger partial charge in [-0.3, -0.25) is 0 Å². The van der Waals surface area contributed by atoms with Crippen molar-refractivity contribution in [2.45, 2.75) is 6.17 Å². The Morgan fingerprint density at radius 1 is 0.264 bits per heavy atom. The summed E-state index contributed by atoms with van der Waals surface area (Å²) in [5.41, 5.74) is 17.3. The average molecular weight is 923 g/mol. The van der Waals surface area contributed by atoms with E-state index < -0.39 is 0 Å². The predicted molar refractivity (Wildman–Crippen MR) is 295 cm³/mol. The first kappa shape index (κ1) is 43.6. The van der Waals surface area contributed by atoms with Crippen molar-refractivity contribution in [1.82, 2.24) is 20.3 Å². The number of rotatable bonds is 11. The highest BCUT2D eigenvalue weighted by atomic mass is 15.2. The van der Waals surface area contributed by atoms with Crippen LogP contribution in [0.1, 0.15) is 22.9 Å². The maximum Gasteiger partial charge on any atom is 0.164 e. The lowest BCUT2D eigenvalue weighted by atomic mass is 9.88. The molecule has 1 atom stereocenters. The van der Waals surface area contributed by atoms with Crippen LogP contribution in [0.25, 0.3) is 89.8 Å². The zero-order chi connectivity index (χ0) is 48.1. The summed E-state index contributed by atoms with van der Waals surface area (Å²) in [4.78, 5) is 24.8. The Hall–Kier alpha value is -9.65. The van der Waals surface area contributed by atoms with Crippen LogP contribution in [0.3, 0.4) is 0 Å². The van der Waals surface area contributed by atoms with Gasteiger partial charge in [-0.05, 0) is 73.3 Å². The number of amidine groups is 2. The first-order valence-corrected chi connectivity index (χ1v) is 24.2. The first-order valence-electron chi connectivity index (χ1n) is 24.2. The van der Waals surface area contributed by atoms with Gasteiger partial charge in [-0.25, -0.2) is 24.9 Å². The van der Waals surface area contributed by atoms with Gasteiger partial charge in [0.05, 0.1) is 0 Å². The maximum absolute atomic E-state index is 5.09. The molecule has 0 radical (unpaired) electrons. The third-order valence-electron chi connectivity index (χ3n) is 13.0. The molecule has 0 fully saturated rings. The average Bonchev–Trinajstić information content (AvgIpc) is 3.48. The van der Waals surface area contributed by atoms with Crippen LogP contribution < -0.4 is 5.32 Å². The van der Waals surface area contributed by atoms with Crippen molar-refractivity contribution >= 4 is 11.7 Å². The molecule has 0 saturated heterocycles. The topological polar surface area (TPSA) is 75.4 Å². The van der Waals surface area contributed by atoms with Crippen molar-refractivity contribution in [2.24, 2.45) is 9.98 Å². The van der Waals surface area contributed by atoms with Crippen LogP contribution in [0.2, 0.25) is 0 Å². The highest BCUT2D eigenvalue weighted by molar-refractivity contribution is 6.13. The standard InChI is InChI=1S/C66H46N6/c1-5-19-47(20-6-1)61-67-62(48-21-7-2-8-22-48)70-65(69-61)51-39-35-45(36-40-51)53-27-17-29-55(43-53)57-31-13-15-33-59(57)60-34-16-14-32-58(60)56-30-18-28-54(44-56)46-37-41-52(42-38-46)66-71-63(49-23-9-3-10-24-49)68-64(72-66)50-25-11-4-12-26-50/h1-44,65H,(H,67,69,70).